The molecule has 0 saturated carbocycles. The number of para-hydroxylation sites is 1. The van der Waals surface area contributed by atoms with E-state index in [1.807, 2.05) is 30.3 Å². The van der Waals surface area contributed by atoms with Gasteiger partial charge in [0.2, 0.25) is 11.7 Å². The molecule has 0 aliphatic heterocycles. The number of ketones is 1. The van der Waals surface area contributed by atoms with E-state index in [0.29, 0.717) is 22.9 Å². The van der Waals surface area contributed by atoms with Gasteiger partial charge in [-0.15, -0.1) is 0 Å². The monoisotopic (exact) mass is 416 g/mol. The van der Waals surface area contributed by atoms with Crippen molar-refractivity contribution in [1.29, 1.82) is 0 Å². The molecular formula is C23H20N4O4. The van der Waals surface area contributed by atoms with Crippen LogP contribution in [-0.2, 0) is 0 Å². The Morgan fingerprint density at radius 2 is 1.77 bits per heavy atom. The van der Waals surface area contributed by atoms with E-state index in [1.54, 1.807) is 48.6 Å². The highest BCUT2D eigenvalue weighted by Crippen LogP contribution is 2.30. The quantitative estimate of drug-likeness (QED) is 0.426. The molecule has 0 saturated heterocycles. The van der Waals surface area contributed by atoms with Gasteiger partial charge in [-0.3, -0.25) is 4.79 Å². The Bertz CT molecular complexity index is 1240. The number of carbonyl (C=O) groups excluding carboxylic acids is 1. The second-order valence-corrected chi connectivity index (χ2v) is 6.53. The van der Waals surface area contributed by atoms with Crippen molar-refractivity contribution in [3.05, 3.63) is 78.5 Å². The van der Waals surface area contributed by atoms with Gasteiger partial charge in [-0.1, -0.05) is 24.3 Å². The summed E-state index contributed by atoms with van der Waals surface area (Å²) in [7, 11) is 4.58. The maximum absolute atomic E-state index is 12.9. The topological polar surface area (TPSA) is 88.4 Å². The number of aromatic nitrogens is 4. The molecule has 2 heterocycles. The summed E-state index contributed by atoms with van der Waals surface area (Å²) in [5, 5.41) is 0. The Balaban J connectivity index is 1.67. The average Bonchev–Trinajstić information content (AvgIpc) is 3.33. The molecule has 8 nitrogen and oxygen atoms in total. The smallest absolute Gasteiger partial charge is 0.319 e. The molecular weight excluding hydrogens is 396 g/mol. The minimum atomic E-state index is -0.211. The van der Waals surface area contributed by atoms with Crippen LogP contribution in [0.1, 0.15) is 16.1 Å². The van der Waals surface area contributed by atoms with Crippen LogP contribution in [0.2, 0.25) is 0 Å². The van der Waals surface area contributed by atoms with E-state index >= 15 is 0 Å². The zero-order valence-electron chi connectivity index (χ0n) is 17.3. The minimum absolute atomic E-state index is 0.211. The maximum atomic E-state index is 12.9. The Morgan fingerprint density at radius 1 is 0.935 bits per heavy atom. The van der Waals surface area contributed by atoms with Gasteiger partial charge < -0.3 is 18.8 Å². The van der Waals surface area contributed by atoms with Gasteiger partial charge in [0.15, 0.2) is 0 Å². The molecule has 0 bridgehead atoms. The van der Waals surface area contributed by atoms with Crippen LogP contribution in [0.15, 0.2) is 67.3 Å². The van der Waals surface area contributed by atoms with E-state index in [2.05, 4.69) is 15.0 Å². The molecule has 0 amide bonds. The van der Waals surface area contributed by atoms with Crippen molar-refractivity contribution < 1.29 is 19.0 Å². The Hall–Kier alpha value is -4.20. The van der Waals surface area contributed by atoms with Gasteiger partial charge in [-0.25, -0.2) is 9.97 Å². The largest absolute Gasteiger partial charge is 0.496 e. The van der Waals surface area contributed by atoms with Crippen molar-refractivity contribution in [3.8, 4) is 34.5 Å². The lowest BCUT2D eigenvalue weighted by Crippen LogP contribution is -2.04. The number of ether oxygens (including phenoxy) is 3. The summed E-state index contributed by atoms with van der Waals surface area (Å²) >= 11 is 0. The number of imidazole rings is 1. The summed E-state index contributed by atoms with van der Waals surface area (Å²) in [5.74, 6) is 0.704. The van der Waals surface area contributed by atoms with Gasteiger partial charge >= 0.3 is 6.01 Å². The summed E-state index contributed by atoms with van der Waals surface area (Å²) in [6.45, 7) is 0. The molecule has 0 spiro atoms. The molecule has 4 aromatic rings. The first-order chi connectivity index (χ1) is 15.1. The molecule has 2 aromatic carbocycles. The molecule has 8 heteroatoms. The van der Waals surface area contributed by atoms with Crippen molar-refractivity contribution in [2.45, 2.75) is 0 Å². The molecule has 31 heavy (non-hydrogen) atoms. The maximum Gasteiger partial charge on any atom is 0.319 e. The van der Waals surface area contributed by atoms with Crippen molar-refractivity contribution in [1.82, 2.24) is 19.5 Å². The van der Waals surface area contributed by atoms with Crippen molar-refractivity contribution in [3.63, 3.8) is 0 Å². The first-order valence-corrected chi connectivity index (χ1v) is 9.42. The summed E-state index contributed by atoms with van der Waals surface area (Å²) < 4.78 is 17.5. The summed E-state index contributed by atoms with van der Waals surface area (Å²) in [6.07, 6.45) is 4.94. The third-order valence-electron chi connectivity index (χ3n) is 4.73. The van der Waals surface area contributed by atoms with Crippen molar-refractivity contribution in [2.24, 2.45) is 0 Å². The third kappa shape index (κ3) is 3.95. The molecule has 0 radical (unpaired) electrons. The predicted octanol–water partition coefficient (Wildman–Crippen LogP) is 3.59. The average molecular weight is 416 g/mol. The van der Waals surface area contributed by atoms with Gasteiger partial charge in [0, 0.05) is 18.1 Å². The Labute approximate surface area is 179 Å². The zero-order chi connectivity index (χ0) is 21.8. The van der Waals surface area contributed by atoms with Crippen molar-refractivity contribution >= 4 is 5.78 Å². The number of carbonyl (C=O) groups is 1. The van der Waals surface area contributed by atoms with Crippen LogP contribution in [0.25, 0.3) is 16.8 Å². The molecule has 4 rings (SSSR count). The number of nitrogens with zero attached hydrogens (tertiary/aromatic N) is 4. The molecule has 156 valence electrons. The molecule has 0 atom stereocenters. The lowest BCUT2D eigenvalue weighted by Gasteiger charge is -2.10. The standard InChI is InChI=1S/C23H20N4O4/c1-29-20-10-5-4-9-17(20)21(28)19-13-27(14-25-19)16-8-6-7-15(11-16)18-12-24-23(31-3)26-22(18)30-2/h4-14H,1-3H3. The van der Waals surface area contributed by atoms with Crippen LogP contribution in [0.4, 0.5) is 0 Å². The molecule has 0 unspecified atom stereocenters. The summed E-state index contributed by atoms with van der Waals surface area (Å²) in [4.78, 5) is 25.6. The highest BCUT2D eigenvalue weighted by molar-refractivity contribution is 6.09. The van der Waals surface area contributed by atoms with Gasteiger partial charge in [-0.2, -0.15) is 4.98 Å². The van der Waals surface area contributed by atoms with E-state index in [1.165, 1.54) is 14.2 Å². The number of benzene rings is 2. The number of hydrogen-bond acceptors (Lipinski definition) is 7. The van der Waals surface area contributed by atoms with Crippen LogP contribution in [0, 0.1) is 0 Å². The zero-order valence-corrected chi connectivity index (χ0v) is 17.3. The van der Waals surface area contributed by atoms with E-state index in [-0.39, 0.29) is 11.8 Å². The van der Waals surface area contributed by atoms with Crippen molar-refractivity contribution in [2.75, 3.05) is 21.3 Å². The van der Waals surface area contributed by atoms with Crippen LogP contribution in [0.5, 0.6) is 17.6 Å². The summed E-state index contributed by atoms with van der Waals surface area (Å²) in [6, 6.07) is 15.0. The second kappa shape index (κ2) is 8.66. The Morgan fingerprint density at radius 3 is 2.55 bits per heavy atom. The van der Waals surface area contributed by atoms with Gasteiger partial charge in [0.05, 0.1) is 32.5 Å². The lowest BCUT2D eigenvalue weighted by molar-refractivity contribution is 0.103. The molecule has 0 aliphatic carbocycles. The van der Waals surface area contributed by atoms with Gasteiger partial charge in [-0.05, 0) is 29.8 Å². The number of hydrogen-bond donors (Lipinski definition) is 0. The van der Waals surface area contributed by atoms with E-state index in [0.717, 1.165) is 16.8 Å². The van der Waals surface area contributed by atoms with E-state index in [4.69, 9.17) is 14.2 Å². The number of methoxy groups -OCH3 is 3. The van der Waals surface area contributed by atoms with Crippen LogP contribution in [0.3, 0.4) is 0 Å². The van der Waals surface area contributed by atoms with E-state index < -0.39 is 0 Å². The summed E-state index contributed by atoms with van der Waals surface area (Å²) in [5.41, 5.74) is 3.17. The number of rotatable bonds is 7. The first-order valence-electron chi connectivity index (χ1n) is 9.42. The van der Waals surface area contributed by atoms with Gasteiger partial charge in [0.1, 0.15) is 17.8 Å². The van der Waals surface area contributed by atoms with Crippen LogP contribution in [-0.4, -0.2) is 46.6 Å². The van der Waals surface area contributed by atoms with E-state index in [9.17, 15) is 4.79 Å². The SMILES string of the molecule is COc1ncc(-c2cccc(-n3cnc(C(=O)c4ccccc4OC)c3)c2)c(OC)n1. The second-order valence-electron chi connectivity index (χ2n) is 6.53. The lowest BCUT2D eigenvalue weighted by atomic mass is 10.1. The van der Waals surface area contributed by atoms with Crippen LogP contribution < -0.4 is 14.2 Å². The highest BCUT2D eigenvalue weighted by atomic mass is 16.5. The first kappa shape index (κ1) is 20.1. The molecule has 0 N–H and O–H groups in total. The van der Waals surface area contributed by atoms with Crippen LogP contribution >= 0.6 is 0 Å². The molecule has 0 fully saturated rings. The highest BCUT2D eigenvalue weighted by Gasteiger charge is 2.17. The minimum Gasteiger partial charge on any atom is -0.496 e. The fraction of sp³-hybridized carbons (Fsp3) is 0.130. The molecule has 0 aliphatic rings. The normalized spacial score (nSPS) is 10.5. The predicted molar refractivity (Wildman–Crippen MR) is 114 cm³/mol. The fourth-order valence-corrected chi connectivity index (χ4v) is 3.19. The Kier molecular flexibility index (Phi) is 5.61. The third-order valence-corrected chi connectivity index (χ3v) is 4.73. The van der Waals surface area contributed by atoms with Gasteiger partial charge in [0.25, 0.3) is 0 Å². The fourth-order valence-electron chi connectivity index (χ4n) is 3.19. The molecule has 2 aromatic heterocycles.